The number of aryl methyl sites for hydroxylation is 1. The highest BCUT2D eigenvalue weighted by atomic mass is 35.5. The first-order valence-electron chi connectivity index (χ1n) is 15.3. The second-order valence-corrected chi connectivity index (χ2v) is 15.5. The summed E-state index contributed by atoms with van der Waals surface area (Å²) in [7, 11) is -1.78. The number of nitrogens with two attached hydrogens (primary N) is 1. The molecule has 6 atom stereocenters. The number of sulfonamides is 1. The van der Waals surface area contributed by atoms with Crippen molar-refractivity contribution in [2.75, 3.05) is 31.7 Å². The molecule has 0 radical (unpaired) electrons. The Bertz CT molecular complexity index is 1540. The van der Waals surface area contributed by atoms with Crippen LogP contribution in [-0.2, 0) is 26.6 Å². The third-order valence-corrected chi connectivity index (χ3v) is 11.9. The summed E-state index contributed by atoms with van der Waals surface area (Å²) in [5.74, 6) is 0.650. The number of rotatable bonds is 9. The number of benzene rings is 2. The van der Waals surface area contributed by atoms with Crippen LogP contribution in [0, 0.1) is 17.8 Å². The van der Waals surface area contributed by atoms with Crippen molar-refractivity contribution >= 4 is 33.3 Å². The summed E-state index contributed by atoms with van der Waals surface area (Å²) in [4.78, 5) is 14.3. The Labute approximate surface area is 259 Å². The highest BCUT2D eigenvalue weighted by Crippen LogP contribution is 2.48. The second kappa shape index (κ2) is 11.7. The molecule has 0 amide bonds. The van der Waals surface area contributed by atoms with Gasteiger partial charge in [-0.25, -0.2) is 18.4 Å². The van der Waals surface area contributed by atoms with Crippen molar-refractivity contribution in [2.45, 2.75) is 68.6 Å². The van der Waals surface area contributed by atoms with Gasteiger partial charge in [-0.1, -0.05) is 23.7 Å². The number of fused-ring (bicyclic) bond motifs is 3. The van der Waals surface area contributed by atoms with Crippen molar-refractivity contribution in [1.29, 1.82) is 0 Å². The van der Waals surface area contributed by atoms with Crippen LogP contribution in [0.3, 0.4) is 0 Å². The fourth-order valence-electron chi connectivity index (χ4n) is 7.85. The Hall–Kier alpha value is -2.59. The van der Waals surface area contributed by atoms with E-state index in [1.807, 2.05) is 6.07 Å². The summed E-state index contributed by atoms with van der Waals surface area (Å²) in [6.45, 7) is 3.70. The first kappa shape index (κ1) is 30.4. The molecule has 232 valence electrons. The number of carboxylic acids is 1. The minimum Gasteiger partial charge on any atom is -0.490 e. The minimum absolute atomic E-state index is 0.0145. The van der Waals surface area contributed by atoms with Gasteiger partial charge in [0.25, 0.3) is 0 Å². The number of allylic oxidation sites excluding steroid dienone is 1. The molecule has 0 saturated heterocycles. The molecule has 2 aromatic carbocycles. The van der Waals surface area contributed by atoms with Crippen molar-refractivity contribution in [3.8, 4) is 5.75 Å². The van der Waals surface area contributed by atoms with E-state index < -0.39 is 21.2 Å². The van der Waals surface area contributed by atoms with Crippen molar-refractivity contribution in [3.05, 3.63) is 69.8 Å². The topological polar surface area (TPSA) is 119 Å². The van der Waals surface area contributed by atoms with Crippen LogP contribution in [0.15, 0.2) is 48.0 Å². The number of carboxylic acid groups (broad SMARTS) is 1. The van der Waals surface area contributed by atoms with E-state index in [4.69, 9.17) is 26.2 Å². The average Bonchev–Trinajstić information content (AvgIpc) is 3.07. The van der Waals surface area contributed by atoms with Gasteiger partial charge in [0, 0.05) is 30.6 Å². The van der Waals surface area contributed by atoms with E-state index in [1.54, 1.807) is 32.2 Å². The Morgan fingerprint density at radius 1 is 1.26 bits per heavy atom. The predicted molar refractivity (Wildman–Crippen MR) is 168 cm³/mol. The summed E-state index contributed by atoms with van der Waals surface area (Å²) < 4.78 is 36.0. The maximum absolute atomic E-state index is 12.0. The van der Waals surface area contributed by atoms with Gasteiger partial charge in [-0.2, -0.15) is 0 Å². The number of hydrogen-bond acceptors (Lipinski definition) is 6. The monoisotopic (exact) mass is 628 g/mol. The van der Waals surface area contributed by atoms with Crippen LogP contribution in [0.4, 0.5) is 5.69 Å². The van der Waals surface area contributed by atoms with Crippen LogP contribution in [0.5, 0.6) is 5.75 Å². The predicted octanol–water partition coefficient (Wildman–Crippen LogP) is 5.57. The Balaban J connectivity index is 1.26. The standard InChI is InChI=1S/C33H41ClN2O6S/c1-20(43(35,39)40)12-21-13-25(14-21)31(41-2)27-8-5-24(27)17-36-18-33(11-3-4-22-15-26(34)7-9-28(22)33)19-42-30-10-6-23(32(37)38)16-29(30)36/h6-7,9-10,13,15-16,20-21,24,27,31H,3-5,8,11-12,14,17-19H2,1-2H3,(H,37,38)(H2,35,39,40)/t20?,21?,24-,27+,31+,33-/m0/s1. The SMILES string of the molecule is CO[C@H](C1=CC(CC(C)S(N)(=O)=O)C1)[C@@H]1CC[C@H]1CN1C[C@@]2(CCCc3cc(Cl)ccc32)COc2ccc(C(=O)O)cc21. The van der Waals surface area contributed by atoms with E-state index in [9.17, 15) is 18.3 Å². The van der Waals surface area contributed by atoms with Gasteiger partial charge < -0.3 is 19.5 Å². The quantitative estimate of drug-likeness (QED) is 0.349. The number of hydrogen-bond donors (Lipinski definition) is 2. The number of carbonyl (C=O) groups is 1. The zero-order valence-corrected chi connectivity index (χ0v) is 26.4. The Morgan fingerprint density at radius 3 is 2.72 bits per heavy atom. The smallest absolute Gasteiger partial charge is 0.335 e. The summed E-state index contributed by atoms with van der Waals surface area (Å²) in [5.41, 5.74) is 4.63. The summed E-state index contributed by atoms with van der Waals surface area (Å²) in [5, 5.41) is 15.3. The number of ether oxygens (including phenoxy) is 2. The molecule has 6 rings (SSSR count). The minimum atomic E-state index is -3.54. The molecule has 10 heteroatoms. The highest BCUT2D eigenvalue weighted by molar-refractivity contribution is 7.89. The molecule has 2 aromatic rings. The summed E-state index contributed by atoms with van der Waals surface area (Å²) in [6.07, 6.45) is 8.64. The molecule has 8 nitrogen and oxygen atoms in total. The molecule has 0 bridgehead atoms. The van der Waals surface area contributed by atoms with Crippen molar-refractivity contribution < 1.29 is 27.8 Å². The molecule has 1 saturated carbocycles. The number of aromatic carboxylic acids is 1. The van der Waals surface area contributed by atoms with E-state index in [0.717, 1.165) is 68.1 Å². The normalized spacial score (nSPS) is 27.9. The van der Waals surface area contributed by atoms with Crippen molar-refractivity contribution in [2.24, 2.45) is 22.9 Å². The molecule has 1 heterocycles. The molecule has 1 fully saturated rings. The zero-order chi connectivity index (χ0) is 30.5. The maximum atomic E-state index is 12.0. The summed E-state index contributed by atoms with van der Waals surface area (Å²) >= 11 is 6.39. The van der Waals surface area contributed by atoms with Gasteiger partial charge in [0.2, 0.25) is 10.0 Å². The molecule has 43 heavy (non-hydrogen) atoms. The first-order valence-corrected chi connectivity index (χ1v) is 17.2. The number of methoxy groups -OCH3 is 1. The van der Waals surface area contributed by atoms with Gasteiger partial charge >= 0.3 is 5.97 Å². The highest BCUT2D eigenvalue weighted by Gasteiger charge is 2.46. The van der Waals surface area contributed by atoms with E-state index in [0.29, 0.717) is 24.9 Å². The largest absolute Gasteiger partial charge is 0.490 e. The average molecular weight is 629 g/mol. The molecular weight excluding hydrogens is 588 g/mol. The van der Waals surface area contributed by atoms with Crippen LogP contribution < -0.4 is 14.8 Å². The number of halogens is 1. The van der Waals surface area contributed by atoms with E-state index >= 15 is 0 Å². The Kier molecular flexibility index (Phi) is 8.30. The third kappa shape index (κ3) is 5.93. The molecule has 2 unspecified atom stereocenters. The van der Waals surface area contributed by atoms with E-state index in [1.165, 1.54) is 16.7 Å². The van der Waals surface area contributed by atoms with Crippen LogP contribution in [0.2, 0.25) is 5.02 Å². The molecule has 0 aromatic heterocycles. The van der Waals surface area contributed by atoms with Crippen LogP contribution in [0.1, 0.15) is 66.9 Å². The molecule has 3 aliphatic carbocycles. The van der Waals surface area contributed by atoms with Crippen molar-refractivity contribution in [3.63, 3.8) is 0 Å². The molecule has 3 N–H and O–H groups in total. The molecule has 1 aliphatic heterocycles. The molecule has 4 aliphatic rings. The van der Waals surface area contributed by atoms with Crippen LogP contribution >= 0.6 is 11.6 Å². The van der Waals surface area contributed by atoms with Gasteiger partial charge in [-0.15, -0.1) is 0 Å². The van der Waals surface area contributed by atoms with Crippen LogP contribution in [0.25, 0.3) is 0 Å². The lowest BCUT2D eigenvalue weighted by Gasteiger charge is -2.48. The fourth-order valence-corrected chi connectivity index (χ4v) is 8.56. The van der Waals surface area contributed by atoms with Gasteiger partial charge in [-0.3, -0.25) is 0 Å². The number of primary sulfonamides is 1. The zero-order valence-electron chi connectivity index (χ0n) is 24.8. The number of anilines is 1. The molecular formula is C33H41ClN2O6S. The number of nitrogens with zero attached hydrogens (tertiary/aromatic N) is 1. The fraction of sp³-hybridized carbons (Fsp3) is 0.545. The lowest BCUT2D eigenvalue weighted by Crippen LogP contribution is -2.50. The lowest BCUT2D eigenvalue weighted by atomic mass is 9.65. The van der Waals surface area contributed by atoms with E-state index in [2.05, 4.69) is 23.1 Å². The van der Waals surface area contributed by atoms with Crippen molar-refractivity contribution in [1.82, 2.24) is 0 Å². The van der Waals surface area contributed by atoms with Gasteiger partial charge in [0.15, 0.2) is 0 Å². The summed E-state index contributed by atoms with van der Waals surface area (Å²) in [6, 6.07) is 11.4. The van der Waals surface area contributed by atoms with Gasteiger partial charge in [0.1, 0.15) is 5.75 Å². The van der Waals surface area contributed by atoms with E-state index in [-0.39, 0.29) is 23.0 Å². The lowest BCUT2D eigenvalue weighted by molar-refractivity contribution is 0.000417. The van der Waals surface area contributed by atoms with Crippen LogP contribution in [-0.4, -0.2) is 57.7 Å². The second-order valence-electron chi connectivity index (χ2n) is 13.1. The van der Waals surface area contributed by atoms with Gasteiger partial charge in [-0.05, 0) is 117 Å². The third-order valence-electron chi connectivity index (χ3n) is 10.4. The Morgan fingerprint density at radius 2 is 2.05 bits per heavy atom. The maximum Gasteiger partial charge on any atom is 0.335 e. The van der Waals surface area contributed by atoms with Gasteiger partial charge in [0.05, 0.1) is 29.2 Å². The first-order chi connectivity index (χ1) is 20.5. The molecule has 1 spiro atoms.